The fourth-order valence-electron chi connectivity index (χ4n) is 1.73. The SMILES string of the molecule is C=CC(NC(=O)OCc1ccccc1)C1CC1. The van der Waals surface area contributed by atoms with Crippen LogP contribution in [-0.2, 0) is 11.3 Å². The maximum Gasteiger partial charge on any atom is 0.407 e. The molecule has 1 amide bonds. The zero-order valence-electron chi connectivity index (χ0n) is 9.76. The Kier molecular flexibility index (Phi) is 3.81. The molecule has 0 saturated heterocycles. The summed E-state index contributed by atoms with van der Waals surface area (Å²) in [5.41, 5.74) is 0.990. The molecule has 0 spiro atoms. The molecule has 1 unspecified atom stereocenters. The lowest BCUT2D eigenvalue weighted by atomic mass is 10.2. The molecule has 1 saturated carbocycles. The van der Waals surface area contributed by atoms with Crippen molar-refractivity contribution in [2.24, 2.45) is 5.92 Å². The third-order valence-electron chi connectivity index (χ3n) is 2.88. The van der Waals surface area contributed by atoms with Crippen LogP contribution >= 0.6 is 0 Å². The number of carbonyl (C=O) groups is 1. The summed E-state index contributed by atoms with van der Waals surface area (Å²) in [6.07, 6.45) is 3.73. The molecule has 3 nitrogen and oxygen atoms in total. The van der Waals surface area contributed by atoms with E-state index in [0.717, 1.165) is 18.4 Å². The van der Waals surface area contributed by atoms with Crippen molar-refractivity contribution < 1.29 is 9.53 Å². The second-order valence-electron chi connectivity index (χ2n) is 4.30. The topological polar surface area (TPSA) is 38.3 Å². The zero-order chi connectivity index (χ0) is 12.1. The van der Waals surface area contributed by atoms with Gasteiger partial charge in [-0.25, -0.2) is 4.79 Å². The van der Waals surface area contributed by atoms with Gasteiger partial charge in [-0.1, -0.05) is 36.4 Å². The third-order valence-corrected chi connectivity index (χ3v) is 2.88. The van der Waals surface area contributed by atoms with E-state index < -0.39 is 0 Å². The van der Waals surface area contributed by atoms with Crippen LogP contribution in [0.15, 0.2) is 43.0 Å². The highest BCUT2D eigenvalue weighted by atomic mass is 16.5. The number of carbonyl (C=O) groups excluding carboxylic acids is 1. The van der Waals surface area contributed by atoms with Crippen LogP contribution in [0.3, 0.4) is 0 Å². The largest absolute Gasteiger partial charge is 0.445 e. The van der Waals surface area contributed by atoms with Gasteiger partial charge >= 0.3 is 6.09 Å². The number of nitrogens with one attached hydrogen (secondary N) is 1. The Bertz CT molecular complexity index is 384. The van der Waals surface area contributed by atoms with Crippen LogP contribution in [0, 0.1) is 5.92 Å². The van der Waals surface area contributed by atoms with E-state index in [-0.39, 0.29) is 12.1 Å². The lowest BCUT2D eigenvalue weighted by Gasteiger charge is -2.13. The van der Waals surface area contributed by atoms with E-state index in [9.17, 15) is 4.79 Å². The Morgan fingerprint density at radius 3 is 2.76 bits per heavy atom. The van der Waals surface area contributed by atoms with Crippen molar-refractivity contribution in [3.05, 3.63) is 48.6 Å². The van der Waals surface area contributed by atoms with Crippen LogP contribution in [0.5, 0.6) is 0 Å². The predicted octanol–water partition coefficient (Wildman–Crippen LogP) is 2.88. The smallest absolute Gasteiger partial charge is 0.407 e. The molecule has 0 aromatic heterocycles. The second-order valence-corrected chi connectivity index (χ2v) is 4.30. The lowest BCUT2D eigenvalue weighted by Crippen LogP contribution is -2.35. The van der Waals surface area contributed by atoms with Crippen LogP contribution in [-0.4, -0.2) is 12.1 Å². The molecule has 90 valence electrons. The van der Waals surface area contributed by atoms with E-state index in [4.69, 9.17) is 4.74 Å². The van der Waals surface area contributed by atoms with Crippen molar-refractivity contribution in [1.29, 1.82) is 0 Å². The van der Waals surface area contributed by atoms with Crippen LogP contribution in [0.25, 0.3) is 0 Å². The van der Waals surface area contributed by atoms with Gasteiger partial charge in [-0.2, -0.15) is 0 Å². The van der Waals surface area contributed by atoms with Gasteiger partial charge in [0.1, 0.15) is 6.61 Å². The molecule has 3 heteroatoms. The molecule has 2 rings (SSSR count). The highest BCUT2D eigenvalue weighted by molar-refractivity contribution is 5.68. The Hall–Kier alpha value is -1.77. The highest BCUT2D eigenvalue weighted by Crippen LogP contribution is 2.32. The summed E-state index contributed by atoms with van der Waals surface area (Å²) in [4.78, 5) is 11.5. The molecule has 1 N–H and O–H groups in total. The molecule has 0 radical (unpaired) electrons. The minimum absolute atomic E-state index is 0.0540. The number of hydrogen-bond acceptors (Lipinski definition) is 2. The summed E-state index contributed by atoms with van der Waals surface area (Å²) in [6.45, 7) is 4.03. The van der Waals surface area contributed by atoms with Gasteiger partial charge in [0.05, 0.1) is 6.04 Å². The summed E-state index contributed by atoms with van der Waals surface area (Å²) in [7, 11) is 0. The normalized spacial score (nSPS) is 16.0. The molecule has 17 heavy (non-hydrogen) atoms. The summed E-state index contributed by atoms with van der Waals surface area (Å²) in [5, 5.41) is 2.82. The first kappa shape index (κ1) is 11.7. The molecule has 1 aliphatic carbocycles. The number of alkyl carbamates (subject to hydrolysis) is 1. The van der Waals surface area contributed by atoms with Crippen LogP contribution in [0.1, 0.15) is 18.4 Å². The lowest BCUT2D eigenvalue weighted by molar-refractivity contribution is 0.136. The summed E-state index contributed by atoms with van der Waals surface area (Å²) in [5.74, 6) is 0.553. The third kappa shape index (κ3) is 3.63. The molecule has 1 fully saturated rings. The number of hydrogen-bond donors (Lipinski definition) is 1. The van der Waals surface area contributed by atoms with Crippen LogP contribution in [0.4, 0.5) is 4.79 Å². The highest BCUT2D eigenvalue weighted by Gasteiger charge is 2.30. The monoisotopic (exact) mass is 231 g/mol. The number of benzene rings is 1. The Morgan fingerprint density at radius 2 is 2.18 bits per heavy atom. The van der Waals surface area contributed by atoms with Gasteiger partial charge in [0.2, 0.25) is 0 Å². The summed E-state index contributed by atoms with van der Waals surface area (Å²) >= 11 is 0. The fraction of sp³-hybridized carbons (Fsp3) is 0.357. The maximum absolute atomic E-state index is 11.5. The van der Waals surface area contributed by atoms with E-state index >= 15 is 0 Å². The molecular weight excluding hydrogens is 214 g/mol. The van der Waals surface area contributed by atoms with E-state index in [2.05, 4.69) is 11.9 Å². The average Bonchev–Trinajstić information content (AvgIpc) is 3.19. The van der Waals surface area contributed by atoms with Crippen molar-refractivity contribution in [2.45, 2.75) is 25.5 Å². The van der Waals surface area contributed by atoms with Crippen molar-refractivity contribution in [1.82, 2.24) is 5.32 Å². The van der Waals surface area contributed by atoms with Crippen molar-refractivity contribution in [2.75, 3.05) is 0 Å². The van der Waals surface area contributed by atoms with Crippen LogP contribution < -0.4 is 5.32 Å². The van der Waals surface area contributed by atoms with Gasteiger partial charge in [0.25, 0.3) is 0 Å². The van der Waals surface area contributed by atoms with Crippen molar-refractivity contribution in [3.63, 3.8) is 0 Å². The van der Waals surface area contributed by atoms with E-state index in [1.165, 1.54) is 0 Å². The molecular formula is C14H17NO2. The fourth-order valence-corrected chi connectivity index (χ4v) is 1.73. The van der Waals surface area contributed by atoms with E-state index in [0.29, 0.717) is 12.5 Å². The molecule has 0 aliphatic heterocycles. The van der Waals surface area contributed by atoms with Gasteiger partial charge in [-0.05, 0) is 24.3 Å². The van der Waals surface area contributed by atoms with Gasteiger partial charge in [-0.15, -0.1) is 6.58 Å². The Morgan fingerprint density at radius 1 is 1.47 bits per heavy atom. The molecule has 1 aromatic carbocycles. The second kappa shape index (κ2) is 5.53. The van der Waals surface area contributed by atoms with Gasteiger partial charge < -0.3 is 10.1 Å². The molecule has 0 bridgehead atoms. The van der Waals surface area contributed by atoms with Gasteiger partial charge in [-0.3, -0.25) is 0 Å². The average molecular weight is 231 g/mol. The number of amides is 1. The van der Waals surface area contributed by atoms with E-state index in [1.807, 2.05) is 30.3 Å². The van der Waals surface area contributed by atoms with Crippen molar-refractivity contribution in [3.8, 4) is 0 Å². The van der Waals surface area contributed by atoms with E-state index in [1.54, 1.807) is 6.08 Å². The molecule has 1 aromatic rings. The van der Waals surface area contributed by atoms with Gasteiger partial charge in [0.15, 0.2) is 0 Å². The summed E-state index contributed by atoms with van der Waals surface area (Å²) in [6, 6.07) is 9.70. The van der Waals surface area contributed by atoms with Crippen LogP contribution in [0.2, 0.25) is 0 Å². The minimum Gasteiger partial charge on any atom is -0.445 e. The first-order valence-electron chi connectivity index (χ1n) is 5.89. The number of ether oxygens (including phenoxy) is 1. The first-order chi connectivity index (χ1) is 8.29. The van der Waals surface area contributed by atoms with Crippen molar-refractivity contribution >= 4 is 6.09 Å². The Labute approximate surface area is 101 Å². The minimum atomic E-state index is -0.370. The first-order valence-corrected chi connectivity index (χ1v) is 5.89. The summed E-state index contributed by atoms with van der Waals surface area (Å²) < 4.78 is 5.14. The Balaban J connectivity index is 1.75. The standard InChI is InChI=1S/C14H17NO2/c1-2-13(12-8-9-12)15-14(16)17-10-11-6-4-3-5-7-11/h2-7,12-13H,1,8-10H2,(H,15,16). The molecule has 1 aliphatic rings. The predicted molar refractivity (Wildman–Crippen MR) is 66.5 cm³/mol. The molecule has 0 heterocycles. The quantitative estimate of drug-likeness (QED) is 0.791. The number of rotatable bonds is 5. The zero-order valence-corrected chi connectivity index (χ0v) is 9.76. The maximum atomic E-state index is 11.5. The van der Waals surface area contributed by atoms with Gasteiger partial charge in [0, 0.05) is 0 Å². The molecule has 1 atom stereocenters.